The quantitative estimate of drug-likeness (QED) is 0.0446. The van der Waals surface area contributed by atoms with Gasteiger partial charge < -0.3 is 56.5 Å². The van der Waals surface area contributed by atoms with Crippen LogP contribution in [0.15, 0.2) is 106 Å². The number of hydrogen-bond donors (Lipinski definition) is 0. The van der Waals surface area contributed by atoms with Crippen LogP contribution < -0.4 is 33.8 Å². The van der Waals surface area contributed by atoms with E-state index in [0.717, 1.165) is 45.9 Å². The molecular formula is C52H46O21. The molecule has 5 aromatic rings. The highest BCUT2D eigenvalue weighted by atomic mass is 16.7. The fraction of sp³-hybridized carbons (Fsp3) is 0.250. The number of carbonyl (C=O) groups is 8. The lowest BCUT2D eigenvalue weighted by molar-refractivity contribution is -0.288. The van der Waals surface area contributed by atoms with Crippen LogP contribution in [0.1, 0.15) is 52.7 Å². The standard InChI is InChI=1S/C52H46O21/c1-27(53)64-36-15-8-33(9-16-36)12-20-46(60)63-26-45-49(68-31(5)57)50(69-32(6)58)51(73-47(61)21-13-34-10-17-37(18-11-34)65-28(2)54)52(72-45)71-40-19-14-35(22-42(40)62-7)41-25-39(59)48-43(67-30(4)56)23-38(66-29(3)55)24-44(48)70-41/h8-25,45,49-52H,26H2,1-7H3/b20-12-,21-13+/t45-,49-,50+,51-,52-/m1/s1. The van der Waals surface area contributed by atoms with Gasteiger partial charge in [0, 0.05) is 77.5 Å². The third-order valence-corrected chi connectivity index (χ3v) is 9.92. The van der Waals surface area contributed by atoms with Crippen molar-refractivity contribution in [1.29, 1.82) is 0 Å². The summed E-state index contributed by atoms with van der Waals surface area (Å²) in [5, 5.41) is -0.123. The first kappa shape index (κ1) is 53.2. The van der Waals surface area contributed by atoms with E-state index in [1.54, 1.807) is 24.3 Å². The molecular weight excluding hydrogens is 961 g/mol. The molecule has 1 saturated heterocycles. The van der Waals surface area contributed by atoms with Crippen molar-refractivity contribution < 1.29 is 94.9 Å². The second-order valence-corrected chi connectivity index (χ2v) is 15.7. The predicted octanol–water partition coefficient (Wildman–Crippen LogP) is 6.02. The van der Waals surface area contributed by atoms with Gasteiger partial charge in [-0.05, 0) is 65.7 Å². The molecule has 0 aliphatic carbocycles. The summed E-state index contributed by atoms with van der Waals surface area (Å²) < 4.78 is 67.5. The van der Waals surface area contributed by atoms with E-state index in [0.29, 0.717) is 11.1 Å². The van der Waals surface area contributed by atoms with Crippen molar-refractivity contribution in [2.75, 3.05) is 13.7 Å². The van der Waals surface area contributed by atoms with Crippen molar-refractivity contribution in [3.05, 3.63) is 118 Å². The molecule has 21 heteroatoms. The van der Waals surface area contributed by atoms with Crippen LogP contribution in [0.25, 0.3) is 34.4 Å². The van der Waals surface area contributed by atoms with Crippen LogP contribution in [-0.2, 0) is 62.0 Å². The molecule has 0 unspecified atom stereocenters. The van der Waals surface area contributed by atoms with Gasteiger partial charge in [-0.3, -0.25) is 33.6 Å². The van der Waals surface area contributed by atoms with E-state index in [1.807, 2.05) is 0 Å². The molecule has 0 radical (unpaired) electrons. The number of esters is 8. The first-order valence-corrected chi connectivity index (χ1v) is 21.9. The zero-order valence-electron chi connectivity index (χ0n) is 40.1. The number of benzene rings is 4. The lowest BCUT2D eigenvalue weighted by Crippen LogP contribution is -2.63. The van der Waals surface area contributed by atoms with E-state index >= 15 is 0 Å². The van der Waals surface area contributed by atoms with Gasteiger partial charge in [0.2, 0.25) is 12.4 Å². The number of hydrogen-bond acceptors (Lipinski definition) is 21. The molecule has 380 valence electrons. The summed E-state index contributed by atoms with van der Waals surface area (Å²) >= 11 is 0. The summed E-state index contributed by atoms with van der Waals surface area (Å²) in [6.45, 7) is 6.22. The number of methoxy groups -OCH3 is 1. The molecule has 1 fully saturated rings. The van der Waals surface area contributed by atoms with Gasteiger partial charge in [-0.15, -0.1) is 0 Å². The Morgan fingerprint density at radius 3 is 1.63 bits per heavy atom. The Morgan fingerprint density at radius 1 is 0.534 bits per heavy atom. The third kappa shape index (κ3) is 14.9. The van der Waals surface area contributed by atoms with Crippen LogP contribution in [0.5, 0.6) is 34.5 Å². The maximum absolute atomic E-state index is 13.7. The Bertz CT molecular complexity index is 3040. The van der Waals surface area contributed by atoms with Gasteiger partial charge in [0.1, 0.15) is 52.4 Å². The normalized spacial score (nSPS) is 17.2. The lowest BCUT2D eigenvalue weighted by Gasteiger charge is -2.44. The first-order valence-electron chi connectivity index (χ1n) is 21.9. The average molecular weight is 1010 g/mol. The van der Waals surface area contributed by atoms with E-state index in [1.165, 1.54) is 87.7 Å². The van der Waals surface area contributed by atoms with Crippen molar-refractivity contribution >= 4 is 70.9 Å². The van der Waals surface area contributed by atoms with Crippen molar-refractivity contribution in [3.63, 3.8) is 0 Å². The van der Waals surface area contributed by atoms with Gasteiger partial charge in [0.25, 0.3) is 0 Å². The molecule has 0 saturated carbocycles. The Hall–Kier alpha value is -9.11. The Morgan fingerprint density at radius 2 is 1.08 bits per heavy atom. The van der Waals surface area contributed by atoms with Crippen LogP contribution in [0.2, 0.25) is 0 Å². The van der Waals surface area contributed by atoms with Crippen molar-refractivity contribution in [2.24, 2.45) is 0 Å². The molecule has 6 rings (SSSR count). The van der Waals surface area contributed by atoms with Gasteiger partial charge in [-0.25, -0.2) is 9.59 Å². The predicted molar refractivity (Wildman–Crippen MR) is 252 cm³/mol. The maximum Gasteiger partial charge on any atom is 0.331 e. The Balaban J connectivity index is 1.35. The Kier molecular flexibility index (Phi) is 17.6. The highest BCUT2D eigenvalue weighted by molar-refractivity contribution is 5.90. The average Bonchev–Trinajstić information content (AvgIpc) is 3.31. The summed E-state index contributed by atoms with van der Waals surface area (Å²) in [7, 11) is 1.28. The largest absolute Gasteiger partial charge is 0.493 e. The highest BCUT2D eigenvalue weighted by Crippen LogP contribution is 2.38. The molecule has 1 aliphatic rings. The Labute approximate surface area is 415 Å². The summed E-state index contributed by atoms with van der Waals surface area (Å²) in [5.41, 5.74) is 0.503. The highest BCUT2D eigenvalue weighted by Gasteiger charge is 2.53. The lowest BCUT2D eigenvalue weighted by atomic mass is 9.98. The number of carbonyl (C=O) groups excluding carboxylic acids is 8. The van der Waals surface area contributed by atoms with E-state index in [4.69, 9.17) is 56.5 Å². The van der Waals surface area contributed by atoms with E-state index in [-0.39, 0.29) is 56.8 Å². The summed E-state index contributed by atoms with van der Waals surface area (Å²) in [4.78, 5) is 112. The summed E-state index contributed by atoms with van der Waals surface area (Å²) in [6, 6.07) is 20.1. The molecule has 0 amide bonds. The molecule has 2 heterocycles. The fourth-order valence-electron chi connectivity index (χ4n) is 7.11. The van der Waals surface area contributed by atoms with Crippen molar-refractivity contribution in [3.8, 4) is 45.8 Å². The second kappa shape index (κ2) is 24.1. The zero-order chi connectivity index (χ0) is 52.9. The minimum absolute atomic E-state index is 0.0274. The topological polar surface area (TPSA) is 268 Å². The van der Waals surface area contributed by atoms with Crippen LogP contribution in [0.3, 0.4) is 0 Å². The third-order valence-electron chi connectivity index (χ3n) is 9.92. The van der Waals surface area contributed by atoms with Crippen molar-refractivity contribution in [1.82, 2.24) is 0 Å². The van der Waals surface area contributed by atoms with Gasteiger partial charge in [0.05, 0.1) is 7.11 Å². The van der Waals surface area contributed by atoms with Crippen LogP contribution in [0, 0.1) is 0 Å². The van der Waals surface area contributed by atoms with Crippen molar-refractivity contribution in [2.45, 2.75) is 72.2 Å². The SMILES string of the molecule is COc1cc(-c2cc(=O)c3c(OC(C)=O)cc(OC(C)=O)cc3o2)ccc1O[C@@H]1O[C@H](COC(=O)/C=C\c2ccc(OC(C)=O)cc2)[C@@H](OC(C)=O)[C@H](OC(C)=O)[C@H]1OC(=O)/C=C/c1ccc(OC(C)=O)cc1. The summed E-state index contributed by atoms with van der Waals surface area (Å²) in [5.74, 6) is -6.13. The van der Waals surface area contributed by atoms with Crippen LogP contribution in [-0.4, -0.2) is 92.2 Å². The first-order chi connectivity index (χ1) is 34.7. The number of rotatable bonds is 17. The van der Waals surface area contributed by atoms with Gasteiger partial charge in [-0.1, -0.05) is 24.3 Å². The molecule has 1 aromatic heterocycles. The molecule has 5 atom stereocenters. The molecule has 0 spiro atoms. The monoisotopic (exact) mass is 1010 g/mol. The fourth-order valence-corrected chi connectivity index (χ4v) is 7.11. The number of fused-ring (bicyclic) bond motifs is 1. The minimum Gasteiger partial charge on any atom is -0.493 e. The van der Waals surface area contributed by atoms with E-state index in [2.05, 4.69) is 0 Å². The van der Waals surface area contributed by atoms with Crippen LogP contribution in [0.4, 0.5) is 0 Å². The van der Waals surface area contributed by atoms with Crippen LogP contribution >= 0.6 is 0 Å². The zero-order valence-corrected chi connectivity index (χ0v) is 40.1. The molecule has 4 aromatic carbocycles. The van der Waals surface area contributed by atoms with Gasteiger partial charge >= 0.3 is 47.8 Å². The van der Waals surface area contributed by atoms with E-state index < -0.39 is 90.5 Å². The maximum atomic E-state index is 13.7. The molecule has 21 nitrogen and oxygen atoms in total. The number of ether oxygens (including phenoxy) is 11. The molecule has 0 bridgehead atoms. The van der Waals surface area contributed by atoms with E-state index in [9.17, 15) is 43.2 Å². The molecule has 1 aliphatic heterocycles. The van der Waals surface area contributed by atoms with Gasteiger partial charge in [-0.2, -0.15) is 0 Å². The molecule has 0 N–H and O–H groups in total. The second-order valence-electron chi connectivity index (χ2n) is 15.7. The smallest absolute Gasteiger partial charge is 0.331 e. The summed E-state index contributed by atoms with van der Waals surface area (Å²) in [6.07, 6.45) is -3.33. The minimum atomic E-state index is -1.76. The molecule has 73 heavy (non-hydrogen) atoms. The van der Waals surface area contributed by atoms with Gasteiger partial charge in [0.15, 0.2) is 29.1 Å².